The van der Waals surface area contributed by atoms with Gasteiger partial charge in [-0.25, -0.2) is 4.79 Å². The summed E-state index contributed by atoms with van der Waals surface area (Å²) >= 11 is 1.34. The van der Waals surface area contributed by atoms with Crippen molar-refractivity contribution in [1.29, 1.82) is 0 Å². The molecule has 1 aromatic heterocycles. The average molecular weight is 255 g/mol. The summed E-state index contributed by atoms with van der Waals surface area (Å²) in [7, 11) is 0. The van der Waals surface area contributed by atoms with Crippen LogP contribution in [-0.2, 0) is 11.3 Å². The van der Waals surface area contributed by atoms with E-state index in [-0.39, 0.29) is 5.41 Å². The molecule has 0 radical (unpaired) electrons. The fourth-order valence-corrected chi connectivity index (χ4v) is 2.73. The van der Waals surface area contributed by atoms with Crippen molar-refractivity contribution < 1.29 is 14.6 Å². The summed E-state index contributed by atoms with van der Waals surface area (Å²) in [6.45, 7) is 7.40. The van der Waals surface area contributed by atoms with Crippen LogP contribution in [0.25, 0.3) is 0 Å². The summed E-state index contributed by atoms with van der Waals surface area (Å²) in [5.74, 6) is -0.844. The summed E-state index contributed by atoms with van der Waals surface area (Å²) in [5.41, 5.74) is 1.33. The minimum atomic E-state index is -0.844. The summed E-state index contributed by atoms with van der Waals surface area (Å²) in [6, 6.07) is 1.76. The largest absolute Gasteiger partial charge is 0.477 e. The number of carboxylic acids is 1. The van der Waals surface area contributed by atoms with Gasteiger partial charge in [0.15, 0.2) is 0 Å². The van der Waals surface area contributed by atoms with Crippen LogP contribution < -0.4 is 5.32 Å². The first-order chi connectivity index (χ1) is 8.00. The zero-order valence-corrected chi connectivity index (χ0v) is 10.9. The fourth-order valence-electron chi connectivity index (χ4n) is 1.85. The molecule has 0 bridgehead atoms. The van der Waals surface area contributed by atoms with Crippen LogP contribution in [0, 0.1) is 12.3 Å². The number of thiophene rings is 1. The Morgan fingerprint density at radius 2 is 2.35 bits per heavy atom. The average Bonchev–Trinajstić information content (AvgIpc) is 2.58. The van der Waals surface area contributed by atoms with Crippen LogP contribution in [0.4, 0.5) is 0 Å². The molecule has 4 nitrogen and oxygen atoms in total. The Hall–Kier alpha value is -0.910. The van der Waals surface area contributed by atoms with E-state index in [2.05, 4.69) is 12.2 Å². The number of nitrogens with one attached hydrogen (secondary N) is 1. The lowest BCUT2D eigenvalue weighted by atomic mass is 9.89. The van der Waals surface area contributed by atoms with Crippen molar-refractivity contribution in [2.24, 2.45) is 5.41 Å². The van der Waals surface area contributed by atoms with Crippen LogP contribution in [0.15, 0.2) is 6.07 Å². The number of aryl methyl sites for hydroxylation is 1. The smallest absolute Gasteiger partial charge is 0.345 e. The molecule has 1 aromatic rings. The first-order valence-corrected chi connectivity index (χ1v) is 6.43. The van der Waals surface area contributed by atoms with Gasteiger partial charge in [-0.3, -0.25) is 0 Å². The zero-order valence-electron chi connectivity index (χ0n) is 10.1. The Kier molecular flexibility index (Phi) is 3.51. The van der Waals surface area contributed by atoms with Gasteiger partial charge in [0.05, 0.1) is 13.2 Å². The van der Waals surface area contributed by atoms with Gasteiger partial charge >= 0.3 is 5.97 Å². The molecule has 2 N–H and O–H groups in total. The van der Waals surface area contributed by atoms with Crippen molar-refractivity contribution in [1.82, 2.24) is 5.32 Å². The van der Waals surface area contributed by atoms with Gasteiger partial charge in [0.25, 0.3) is 0 Å². The van der Waals surface area contributed by atoms with Gasteiger partial charge in [-0.2, -0.15) is 0 Å². The first kappa shape index (κ1) is 12.5. The minimum Gasteiger partial charge on any atom is -0.477 e. The molecule has 2 rings (SSSR count). The molecular formula is C12H17NO3S. The minimum absolute atomic E-state index is 0.250. The molecule has 94 valence electrons. The van der Waals surface area contributed by atoms with Crippen LogP contribution in [0.3, 0.4) is 0 Å². The van der Waals surface area contributed by atoms with E-state index >= 15 is 0 Å². The zero-order chi connectivity index (χ0) is 12.5. The van der Waals surface area contributed by atoms with Gasteiger partial charge in [0.1, 0.15) is 4.88 Å². The third kappa shape index (κ3) is 2.86. The van der Waals surface area contributed by atoms with E-state index in [1.807, 2.05) is 6.92 Å². The Labute approximate surface area is 105 Å². The molecule has 1 saturated heterocycles. The predicted octanol–water partition coefficient (Wildman–Crippen LogP) is 1.88. The van der Waals surface area contributed by atoms with E-state index in [0.717, 1.165) is 36.7 Å². The second kappa shape index (κ2) is 4.76. The molecule has 0 saturated carbocycles. The van der Waals surface area contributed by atoms with E-state index < -0.39 is 5.97 Å². The molecule has 0 unspecified atom stereocenters. The normalized spacial score (nSPS) is 17.8. The molecule has 1 aliphatic rings. The maximum atomic E-state index is 10.8. The lowest BCUT2D eigenvalue weighted by Gasteiger charge is -2.38. The fraction of sp³-hybridized carbons (Fsp3) is 0.583. The van der Waals surface area contributed by atoms with Gasteiger partial charge in [-0.05, 0) is 18.6 Å². The number of hydrogen-bond donors (Lipinski definition) is 2. The highest BCUT2D eigenvalue weighted by molar-refractivity contribution is 7.14. The standard InChI is InChI=1S/C12H17NO3S/c1-8-9(3-10(17-8)11(14)15)4-13-5-12(2)6-16-7-12/h3,13H,4-7H2,1-2H3,(H,14,15). The van der Waals surface area contributed by atoms with Crippen molar-refractivity contribution in [3.05, 3.63) is 21.4 Å². The Balaban J connectivity index is 1.88. The molecule has 0 amide bonds. The van der Waals surface area contributed by atoms with Crippen molar-refractivity contribution in [2.45, 2.75) is 20.4 Å². The molecule has 1 aliphatic heterocycles. The van der Waals surface area contributed by atoms with Crippen molar-refractivity contribution in [2.75, 3.05) is 19.8 Å². The van der Waals surface area contributed by atoms with Gasteiger partial charge in [-0.1, -0.05) is 6.92 Å². The van der Waals surface area contributed by atoms with E-state index in [9.17, 15) is 4.79 Å². The summed E-state index contributed by atoms with van der Waals surface area (Å²) in [6.07, 6.45) is 0. The molecule has 1 fully saturated rings. The second-order valence-corrected chi connectivity index (χ2v) is 6.16. The van der Waals surface area contributed by atoms with Crippen molar-refractivity contribution in [3.8, 4) is 0 Å². The third-order valence-electron chi connectivity index (χ3n) is 3.00. The molecular weight excluding hydrogens is 238 g/mol. The third-order valence-corrected chi connectivity index (χ3v) is 4.08. The topological polar surface area (TPSA) is 58.6 Å². The number of hydrogen-bond acceptors (Lipinski definition) is 4. The number of ether oxygens (including phenoxy) is 1. The Morgan fingerprint density at radius 1 is 1.65 bits per heavy atom. The van der Waals surface area contributed by atoms with E-state index in [1.54, 1.807) is 6.07 Å². The summed E-state index contributed by atoms with van der Waals surface area (Å²) in [5, 5.41) is 12.3. The number of carboxylic acid groups (broad SMARTS) is 1. The number of carbonyl (C=O) groups is 1. The number of rotatable bonds is 5. The van der Waals surface area contributed by atoms with Crippen LogP contribution in [-0.4, -0.2) is 30.8 Å². The highest BCUT2D eigenvalue weighted by Crippen LogP contribution is 2.26. The van der Waals surface area contributed by atoms with Gasteiger partial charge in [-0.15, -0.1) is 11.3 Å². The van der Waals surface area contributed by atoms with Crippen LogP contribution in [0.1, 0.15) is 27.0 Å². The molecule has 0 spiro atoms. The van der Waals surface area contributed by atoms with E-state index in [4.69, 9.17) is 9.84 Å². The number of aromatic carboxylic acids is 1. The summed E-state index contributed by atoms with van der Waals surface area (Å²) < 4.78 is 5.18. The monoisotopic (exact) mass is 255 g/mol. The maximum Gasteiger partial charge on any atom is 0.345 e. The maximum absolute atomic E-state index is 10.8. The molecule has 0 aliphatic carbocycles. The van der Waals surface area contributed by atoms with Crippen LogP contribution in [0.5, 0.6) is 0 Å². The summed E-state index contributed by atoms with van der Waals surface area (Å²) in [4.78, 5) is 12.3. The SMILES string of the molecule is Cc1sc(C(=O)O)cc1CNCC1(C)COC1. The van der Waals surface area contributed by atoms with Crippen LogP contribution in [0.2, 0.25) is 0 Å². The quantitative estimate of drug-likeness (QED) is 0.843. The van der Waals surface area contributed by atoms with Crippen LogP contribution >= 0.6 is 11.3 Å². The molecule has 2 heterocycles. The first-order valence-electron chi connectivity index (χ1n) is 5.61. The van der Waals surface area contributed by atoms with E-state index in [1.165, 1.54) is 11.3 Å². The van der Waals surface area contributed by atoms with Gasteiger partial charge < -0.3 is 15.2 Å². The predicted molar refractivity (Wildman–Crippen MR) is 66.6 cm³/mol. The van der Waals surface area contributed by atoms with E-state index in [0.29, 0.717) is 4.88 Å². The Bertz CT molecular complexity index is 423. The lowest BCUT2D eigenvalue weighted by Crippen LogP contribution is -2.47. The van der Waals surface area contributed by atoms with Crippen molar-refractivity contribution >= 4 is 17.3 Å². The molecule has 5 heteroatoms. The van der Waals surface area contributed by atoms with Gasteiger partial charge in [0, 0.05) is 23.4 Å². The van der Waals surface area contributed by atoms with Gasteiger partial charge in [0.2, 0.25) is 0 Å². The highest BCUT2D eigenvalue weighted by Gasteiger charge is 2.32. The second-order valence-electron chi connectivity index (χ2n) is 4.90. The van der Waals surface area contributed by atoms with Crippen molar-refractivity contribution in [3.63, 3.8) is 0 Å². The molecule has 17 heavy (non-hydrogen) atoms. The highest BCUT2D eigenvalue weighted by atomic mass is 32.1. The lowest BCUT2D eigenvalue weighted by molar-refractivity contribution is -0.0991. The molecule has 0 aromatic carbocycles. The molecule has 0 atom stereocenters. The Morgan fingerprint density at radius 3 is 2.82 bits per heavy atom.